The van der Waals surface area contributed by atoms with Crippen molar-refractivity contribution in [3.05, 3.63) is 0 Å². The average Bonchev–Trinajstić information content (AvgIpc) is 2.68. The first-order chi connectivity index (χ1) is 7.26. The van der Waals surface area contributed by atoms with Crippen molar-refractivity contribution in [3.63, 3.8) is 0 Å². The van der Waals surface area contributed by atoms with Crippen molar-refractivity contribution >= 4 is 0 Å². The molecule has 2 N–H and O–H groups in total. The molecule has 0 aromatic carbocycles. The molecule has 0 aromatic heterocycles. The summed E-state index contributed by atoms with van der Waals surface area (Å²) in [6.45, 7) is 6.35. The second-order valence-electron chi connectivity index (χ2n) is 4.60. The van der Waals surface area contributed by atoms with E-state index in [1.165, 1.54) is 0 Å². The Morgan fingerprint density at radius 2 is 2.20 bits per heavy atom. The molecule has 1 fully saturated rings. The maximum absolute atomic E-state index is 9.47. The number of hydrogen-bond donors (Lipinski definition) is 2. The van der Waals surface area contributed by atoms with Crippen LogP contribution in [0.25, 0.3) is 0 Å². The van der Waals surface area contributed by atoms with Gasteiger partial charge in [-0.2, -0.15) is 0 Å². The average molecular weight is 215 g/mol. The second-order valence-corrected chi connectivity index (χ2v) is 4.60. The van der Waals surface area contributed by atoms with Gasteiger partial charge in [-0.15, -0.1) is 0 Å². The van der Waals surface area contributed by atoms with Crippen molar-refractivity contribution in [1.29, 1.82) is 0 Å². The van der Waals surface area contributed by atoms with E-state index in [-0.39, 0.29) is 12.1 Å². The molecule has 0 heterocycles. The molecule has 0 amide bonds. The summed E-state index contributed by atoms with van der Waals surface area (Å²) in [4.78, 5) is 0. The normalized spacial score (nSPS) is 31.0. The summed E-state index contributed by atoms with van der Waals surface area (Å²) in [6.07, 6.45) is 5.62. The number of aliphatic hydroxyl groups excluding tert-OH is 1. The van der Waals surface area contributed by atoms with Gasteiger partial charge in [0.1, 0.15) is 0 Å². The van der Waals surface area contributed by atoms with Crippen LogP contribution >= 0.6 is 0 Å². The van der Waals surface area contributed by atoms with Gasteiger partial charge >= 0.3 is 0 Å². The Hall–Kier alpha value is -0.120. The lowest BCUT2D eigenvalue weighted by atomic mass is 9.98. The van der Waals surface area contributed by atoms with E-state index in [0.29, 0.717) is 6.10 Å². The number of hydrogen-bond acceptors (Lipinski definition) is 3. The Labute approximate surface area is 93.2 Å². The van der Waals surface area contributed by atoms with Crippen molar-refractivity contribution in [2.75, 3.05) is 19.8 Å². The van der Waals surface area contributed by atoms with E-state index in [1.807, 2.05) is 0 Å². The van der Waals surface area contributed by atoms with E-state index in [9.17, 15) is 5.11 Å². The van der Waals surface area contributed by atoms with Gasteiger partial charge in [0.15, 0.2) is 0 Å². The molecule has 3 heteroatoms. The third-order valence-corrected chi connectivity index (χ3v) is 3.17. The summed E-state index contributed by atoms with van der Waals surface area (Å²) in [5, 5.41) is 12.9. The van der Waals surface area contributed by atoms with Crippen molar-refractivity contribution in [1.82, 2.24) is 5.32 Å². The summed E-state index contributed by atoms with van der Waals surface area (Å²) in [7, 11) is 0. The van der Waals surface area contributed by atoms with Gasteiger partial charge in [-0.05, 0) is 38.6 Å². The third kappa shape index (κ3) is 3.74. The van der Waals surface area contributed by atoms with Crippen LogP contribution in [0.5, 0.6) is 0 Å². The standard InChI is InChI=1S/C12H25NO2/c1-3-7-13-12(10-14)6-5-11(9-12)15-8-4-2/h11,13-14H,3-10H2,1-2H3. The lowest BCUT2D eigenvalue weighted by Crippen LogP contribution is -2.47. The second kappa shape index (κ2) is 6.46. The smallest absolute Gasteiger partial charge is 0.0614 e. The molecule has 0 radical (unpaired) electrons. The highest BCUT2D eigenvalue weighted by molar-refractivity contribution is 4.96. The van der Waals surface area contributed by atoms with Crippen molar-refractivity contribution in [3.8, 4) is 0 Å². The van der Waals surface area contributed by atoms with Crippen LogP contribution < -0.4 is 5.32 Å². The van der Waals surface area contributed by atoms with Crippen molar-refractivity contribution < 1.29 is 9.84 Å². The molecule has 1 aliphatic carbocycles. The van der Waals surface area contributed by atoms with Crippen molar-refractivity contribution in [2.24, 2.45) is 0 Å². The molecule has 1 saturated carbocycles. The molecule has 2 unspecified atom stereocenters. The van der Waals surface area contributed by atoms with Gasteiger partial charge < -0.3 is 15.2 Å². The Morgan fingerprint density at radius 1 is 1.40 bits per heavy atom. The minimum Gasteiger partial charge on any atom is -0.394 e. The Balaban J connectivity index is 2.35. The minimum atomic E-state index is -0.0611. The van der Waals surface area contributed by atoms with E-state index in [4.69, 9.17) is 4.74 Å². The largest absolute Gasteiger partial charge is 0.394 e. The van der Waals surface area contributed by atoms with Crippen LogP contribution in [-0.2, 0) is 4.74 Å². The zero-order valence-corrected chi connectivity index (χ0v) is 10.1. The van der Waals surface area contributed by atoms with Gasteiger partial charge in [-0.3, -0.25) is 0 Å². The van der Waals surface area contributed by atoms with Crippen LogP contribution in [0.4, 0.5) is 0 Å². The highest BCUT2D eigenvalue weighted by Gasteiger charge is 2.38. The lowest BCUT2D eigenvalue weighted by molar-refractivity contribution is 0.0472. The molecule has 3 nitrogen and oxygen atoms in total. The van der Waals surface area contributed by atoms with Crippen LogP contribution in [0.15, 0.2) is 0 Å². The summed E-state index contributed by atoms with van der Waals surface area (Å²) < 4.78 is 5.74. The van der Waals surface area contributed by atoms with Gasteiger partial charge in [0.25, 0.3) is 0 Å². The predicted molar refractivity (Wildman–Crippen MR) is 62.0 cm³/mol. The Morgan fingerprint density at radius 3 is 2.80 bits per heavy atom. The maximum Gasteiger partial charge on any atom is 0.0614 e. The number of rotatable bonds is 7. The molecule has 1 aliphatic rings. The lowest BCUT2D eigenvalue weighted by Gasteiger charge is -2.28. The topological polar surface area (TPSA) is 41.5 Å². The summed E-state index contributed by atoms with van der Waals surface area (Å²) in [5.74, 6) is 0. The predicted octanol–water partition coefficient (Wildman–Crippen LogP) is 1.70. The van der Waals surface area contributed by atoms with Crippen LogP contribution in [0.1, 0.15) is 46.0 Å². The highest BCUT2D eigenvalue weighted by atomic mass is 16.5. The molecule has 15 heavy (non-hydrogen) atoms. The minimum absolute atomic E-state index is 0.0611. The van der Waals surface area contributed by atoms with E-state index >= 15 is 0 Å². The maximum atomic E-state index is 9.47. The zero-order chi connectivity index (χ0) is 11.1. The van der Waals surface area contributed by atoms with E-state index in [0.717, 1.165) is 45.3 Å². The Kier molecular flexibility index (Phi) is 5.58. The third-order valence-electron chi connectivity index (χ3n) is 3.17. The van der Waals surface area contributed by atoms with E-state index in [2.05, 4.69) is 19.2 Å². The highest BCUT2D eigenvalue weighted by Crippen LogP contribution is 2.31. The number of ether oxygens (including phenoxy) is 1. The molecule has 0 bridgehead atoms. The van der Waals surface area contributed by atoms with Gasteiger partial charge in [-0.1, -0.05) is 13.8 Å². The van der Waals surface area contributed by atoms with E-state index in [1.54, 1.807) is 0 Å². The molecule has 2 atom stereocenters. The van der Waals surface area contributed by atoms with Crippen molar-refractivity contribution in [2.45, 2.75) is 57.6 Å². The molecule has 90 valence electrons. The van der Waals surface area contributed by atoms with E-state index < -0.39 is 0 Å². The van der Waals surface area contributed by atoms with Gasteiger partial charge in [-0.25, -0.2) is 0 Å². The fourth-order valence-corrected chi connectivity index (χ4v) is 2.25. The fourth-order valence-electron chi connectivity index (χ4n) is 2.25. The Bertz CT molecular complexity index is 175. The summed E-state index contributed by atoms with van der Waals surface area (Å²) in [6, 6.07) is 0. The molecule has 0 aromatic rings. The first-order valence-corrected chi connectivity index (χ1v) is 6.24. The molecule has 0 spiro atoms. The first-order valence-electron chi connectivity index (χ1n) is 6.24. The van der Waals surface area contributed by atoms with Gasteiger partial charge in [0.05, 0.1) is 12.7 Å². The molecule has 0 aliphatic heterocycles. The summed E-state index contributed by atoms with van der Waals surface area (Å²) in [5.41, 5.74) is -0.0611. The monoisotopic (exact) mass is 215 g/mol. The quantitative estimate of drug-likeness (QED) is 0.679. The van der Waals surface area contributed by atoms with Gasteiger partial charge in [0, 0.05) is 12.1 Å². The molecular formula is C12H25NO2. The van der Waals surface area contributed by atoms with Crippen LogP contribution in [0.2, 0.25) is 0 Å². The van der Waals surface area contributed by atoms with Crippen LogP contribution in [0.3, 0.4) is 0 Å². The van der Waals surface area contributed by atoms with Crippen LogP contribution in [0, 0.1) is 0 Å². The fraction of sp³-hybridized carbons (Fsp3) is 1.00. The van der Waals surface area contributed by atoms with Gasteiger partial charge in [0.2, 0.25) is 0 Å². The number of aliphatic hydroxyl groups is 1. The first kappa shape index (κ1) is 12.9. The molecule has 1 rings (SSSR count). The zero-order valence-electron chi connectivity index (χ0n) is 10.1. The SMILES string of the molecule is CCCNC1(CO)CCC(OCCC)C1. The molecule has 0 saturated heterocycles. The number of nitrogens with one attached hydrogen (secondary N) is 1. The summed E-state index contributed by atoms with van der Waals surface area (Å²) >= 11 is 0. The van der Waals surface area contributed by atoms with Crippen LogP contribution in [-0.4, -0.2) is 36.5 Å². The molecular weight excluding hydrogens is 190 g/mol.